The van der Waals surface area contributed by atoms with E-state index in [0.717, 1.165) is 6.08 Å². The van der Waals surface area contributed by atoms with Gasteiger partial charge in [0.1, 0.15) is 12.7 Å². The quantitative estimate of drug-likeness (QED) is 0.475. The Bertz CT molecular complexity index is 155. The summed E-state index contributed by atoms with van der Waals surface area (Å²) < 4.78 is 9.40. The topological polar surface area (TPSA) is 55.8 Å². The number of carbonyl (C=O) groups excluding carboxylic acids is 1. The van der Waals surface area contributed by atoms with E-state index in [4.69, 9.17) is 4.74 Å². The van der Waals surface area contributed by atoms with E-state index in [1.54, 1.807) is 6.92 Å². The molecule has 0 aliphatic carbocycles. The van der Waals surface area contributed by atoms with Crippen LogP contribution in [0.5, 0.6) is 0 Å². The third-order valence-corrected chi connectivity index (χ3v) is 1.48. The second-order valence-corrected chi connectivity index (χ2v) is 2.34. The van der Waals surface area contributed by atoms with Gasteiger partial charge in [0.15, 0.2) is 0 Å². The monoisotopic (exact) mass is 174 g/mol. The second kappa shape index (κ2) is 5.74. The molecule has 1 N–H and O–H groups in total. The van der Waals surface area contributed by atoms with Crippen molar-refractivity contribution in [2.45, 2.75) is 19.1 Å². The predicted molar refractivity (Wildman–Crippen MR) is 43.6 cm³/mol. The molecule has 0 bridgehead atoms. The van der Waals surface area contributed by atoms with Crippen LogP contribution < -0.4 is 0 Å². The summed E-state index contributed by atoms with van der Waals surface area (Å²) in [6.07, 6.45) is -0.0917. The number of hydrogen-bond donors (Lipinski definition) is 1. The van der Waals surface area contributed by atoms with E-state index >= 15 is 0 Å². The standard InChI is InChI=1S/C8H14O4/c1-4-8(10)12-5-7(9)6(2)11-3/h4,6-7,9H,1,5H2,2-3H3. The smallest absolute Gasteiger partial charge is 0.330 e. The molecule has 2 atom stereocenters. The molecule has 0 spiro atoms. The molecule has 0 aromatic carbocycles. The lowest BCUT2D eigenvalue weighted by atomic mass is 10.2. The average molecular weight is 174 g/mol. The largest absolute Gasteiger partial charge is 0.460 e. The second-order valence-electron chi connectivity index (χ2n) is 2.34. The zero-order valence-corrected chi connectivity index (χ0v) is 7.32. The van der Waals surface area contributed by atoms with Gasteiger partial charge in [0.25, 0.3) is 0 Å². The highest BCUT2D eigenvalue weighted by atomic mass is 16.5. The Morgan fingerprint density at radius 2 is 2.33 bits per heavy atom. The summed E-state index contributed by atoms with van der Waals surface area (Å²) in [6, 6.07) is 0. The number of aliphatic hydroxyl groups excluding tert-OH is 1. The zero-order chi connectivity index (χ0) is 9.56. The number of aliphatic hydroxyl groups is 1. The lowest BCUT2D eigenvalue weighted by molar-refractivity contribution is -0.143. The van der Waals surface area contributed by atoms with Gasteiger partial charge in [-0.1, -0.05) is 6.58 Å². The van der Waals surface area contributed by atoms with Crippen LogP contribution in [0.3, 0.4) is 0 Å². The van der Waals surface area contributed by atoms with Crippen LogP contribution in [0.25, 0.3) is 0 Å². The molecule has 70 valence electrons. The first kappa shape index (κ1) is 11.1. The molecule has 0 heterocycles. The van der Waals surface area contributed by atoms with E-state index in [9.17, 15) is 9.90 Å². The van der Waals surface area contributed by atoms with E-state index < -0.39 is 12.1 Å². The summed E-state index contributed by atoms with van der Waals surface area (Å²) in [5.41, 5.74) is 0. The molecule has 0 radical (unpaired) electrons. The number of methoxy groups -OCH3 is 1. The van der Waals surface area contributed by atoms with E-state index in [-0.39, 0.29) is 12.7 Å². The number of ether oxygens (including phenoxy) is 2. The molecule has 0 aromatic heterocycles. The summed E-state index contributed by atoms with van der Waals surface area (Å²) in [4.78, 5) is 10.5. The lowest BCUT2D eigenvalue weighted by Crippen LogP contribution is -2.30. The SMILES string of the molecule is C=CC(=O)OCC(O)C(C)OC. The molecule has 4 nitrogen and oxygen atoms in total. The third kappa shape index (κ3) is 4.10. The Hall–Kier alpha value is -0.870. The number of esters is 1. The van der Waals surface area contributed by atoms with Crippen LogP contribution in [0.15, 0.2) is 12.7 Å². The van der Waals surface area contributed by atoms with Crippen LogP contribution in [-0.2, 0) is 14.3 Å². The van der Waals surface area contributed by atoms with Gasteiger partial charge in [-0.15, -0.1) is 0 Å². The molecule has 0 aliphatic heterocycles. The van der Waals surface area contributed by atoms with E-state index in [2.05, 4.69) is 11.3 Å². The summed E-state index contributed by atoms with van der Waals surface area (Å²) in [6.45, 7) is 4.83. The van der Waals surface area contributed by atoms with Crippen molar-refractivity contribution in [2.24, 2.45) is 0 Å². The molecule has 4 heteroatoms. The third-order valence-electron chi connectivity index (χ3n) is 1.48. The molecule has 0 fully saturated rings. The fourth-order valence-electron chi connectivity index (χ4n) is 0.519. The van der Waals surface area contributed by atoms with Crippen molar-refractivity contribution in [1.82, 2.24) is 0 Å². The van der Waals surface area contributed by atoms with Crippen LogP contribution in [0, 0.1) is 0 Å². The first-order valence-electron chi connectivity index (χ1n) is 3.61. The van der Waals surface area contributed by atoms with Gasteiger partial charge in [-0.05, 0) is 6.92 Å². The summed E-state index contributed by atoms with van der Waals surface area (Å²) in [5.74, 6) is -0.544. The van der Waals surface area contributed by atoms with E-state index in [0.29, 0.717) is 0 Å². The van der Waals surface area contributed by atoms with Gasteiger partial charge in [0.05, 0.1) is 6.10 Å². The van der Waals surface area contributed by atoms with Crippen molar-refractivity contribution in [3.05, 3.63) is 12.7 Å². The number of rotatable bonds is 5. The van der Waals surface area contributed by atoms with Gasteiger partial charge in [0, 0.05) is 13.2 Å². The highest BCUT2D eigenvalue weighted by Gasteiger charge is 2.14. The summed E-state index contributed by atoms with van der Waals surface area (Å²) in [5, 5.41) is 9.23. The van der Waals surface area contributed by atoms with Gasteiger partial charge in [0.2, 0.25) is 0 Å². The van der Waals surface area contributed by atoms with Gasteiger partial charge in [-0.3, -0.25) is 0 Å². The molecule has 12 heavy (non-hydrogen) atoms. The molecule has 0 aliphatic rings. The van der Waals surface area contributed by atoms with E-state index in [1.807, 2.05) is 0 Å². The molecule has 0 aromatic rings. The van der Waals surface area contributed by atoms with Crippen LogP contribution in [0.4, 0.5) is 0 Å². The number of carbonyl (C=O) groups is 1. The number of hydrogen-bond acceptors (Lipinski definition) is 4. The Balaban J connectivity index is 3.62. The van der Waals surface area contributed by atoms with Crippen molar-refractivity contribution < 1.29 is 19.4 Å². The highest BCUT2D eigenvalue weighted by Crippen LogP contribution is 1.97. The van der Waals surface area contributed by atoms with Crippen LogP contribution in [0.1, 0.15) is 6.92 Å². The Labute approximate surface area is 71.8 Å². The highest BCUT2D eigenvalue weighted by molar-refractivity contribution is 5.81. The predicted octanol–water partition coefficient (Wildman–Crippen LogP) is 0.111. The minimum absolute atomic E-state index is 0.0696. The van der Waals surface area contributed by atoms with Gasteiger partial charge < -0.3 is 14.6 Å². The molecule has 0 saturated carbocycles. The maximum absolute atomic E-state index is 10.5. The zero-order valence-electron chi connectivity index (χ0n) is 7.32. The van der Waals surface area contributed by atoms with Crippen molar-refractivity contribution in [3.8, 4) is 0 Å². The maximum Gasteiger partial charge on any atom is 0.330 e. The minimum atomic E-state index is -0.793. The van der Waals surface area contributed by atoms with Crippen molar-refractivity contribution in [3.63, 3.8) is 0 Å². The molecule has 0 amide bonds. The van der Waals surface area contributed by atoms with Gasteiger partial charge >= 0.3 is 5.97 Å². The molecular formula is C8H14O4. The van der Waals surface area contributed by atoms with Crippen molar-refractivity contribution >= 4 is 5.97 Å². The minimum Gasteiger partial charge on any atom is -0.460 e. The first-order chi connectivity index (χ1) is 5.61. The Morgan fingerprint density at radius 3 is 2.75 bits per heavy atom. The summed E-state index contributed by atoms with van der Waals surface area (Å²) >= 11 is 0. The van der Waals surface area contributed by atoms with Crippen LogP contribution >= 0.6 is 0 Å². The molecule has 0 saturated heterocycles. The fourth-order valence-corrected chi connectivity index (χ4v) is 0.519. The first-order valence-corrected chi connectivity index (χ1v) is 3.61. The average Bonchev–Trinajstić information content (AvgIpc) is 2.11. The maximum atomic E-state index is 10.5. The normalized spacial score (nSPS) is 14.9. The lowest BCUT2D eigenvalue weighted by Gasteiger charge is -2.16. The van der Waals surface area contributed by atoms with Gasteiger partial charge in [-0.25, -0.2) is 4.79 Å². The molecular weight excluding hydrogens is 160 g/mol. The Kier molecular flexibility index (Phi) is 5.32. The fraction of sp³-hybridized carbons (Fsp3) is 0.625. The van der Waals surface area contributed by atoms with Crippen LogP contribution in [0.2, 0.25) is 0 Å². The van der Waals surface area contributed by atoms with E-state index in [1.165, 1.54) is 7.11 Å². The molecule has 2 unspecified atom stereocenters. The Morgan fingerprint density at radius 1 is 1.75 bits per heavy atom. The molecule has 0 rings (SSSR count). The van der Waals surface area contributed by atoms with Crippen LogP contribution in [-0.4, -0.2) is 37.0 Å². The van der Waals surface area contributed by atoms with Crippen molar-refractivity contribution in [2.75, 3.05) is 13.7 Å². The van der Waals surface area contributed by atoms with Gasteiger partial charge in [-0.2, -0.15) is 0 Å². The summed E-state index contributed by atoms with van der Waals surface area (Å²) in [7, 11) is 1.48. The van der Waals surface area contributed by atoms with Crippen molar-refractivity contribution in [1.29, 1.82) is 0 Å².